The molecule has 0 atom stereocenters. The van der Waals surface area contributed by atoms with Gasteiger partial charge in [-0.15, -0.1) is 0 Å². The number of unbranched alkanes of at least 4 members (excludes halogenated alkanes) is 1. The smallest absolute Gasteiger partial charge is 0.126 e. The third-order valence-corrected chi connectivity index (χ3v) is 2.05. The first kappa shape index (κ1) is 11.4. The van der Waals surface area contributed by atoms with Gasteiger partial charge in [0.25, 0.3) is 0 Å². The number of rotatable bonds is 5. The molecular weight excluding hydrogens is 152 g/mol. The normalized spacial score (nSPS) is 11.0. The van der Waals surface area contributed by atoms with Crippen molar-refractivity contribution in [2.45, 2.75) is 45.2 Å². The van der Waals surface area contributed by atoms with Crippen molar-refractivity contribution in [3.63, 3.8) is 0 Å². The van der Waals surface area contributed by atoms with Gasteiger partial charge in [-0.05, 0) is 19.3 Å². The van der Waals surface area contributed by atoms with Gasteiger partial charge in [0.1, 0.15) is 5.94 Å². The molecule has 0 rings (SSSR count). The average molecular weight is 170 g/mol. The van der Waals surface area contributed by atoms with Gasteiger partial charge in [-0.1, -0.05) is 20.3 Å². The van der Waals surface area contributed by atoms with Gasteiger partial charge >= 0.3 is 0 Å². The van der Waals surface area contributed by atoms with Gasteiger partial charge in [0.05, 0.1) is 5.66 Å². The van der Waals surface area contributed by atoms with Crippen molar-refractivity contribution in [3.05, 3.63) is 5.57 Å². The summed E-state index contributed by atoms with van der Waals surface area (Å²) in [5.41, 5.74) is 10.9. The monoisotopic (exact) mass is 170 g/mol. The van der Waals surface area contributed by atoms with Crippen LogP contribution in [0.25, 0.3) is 0 Å². The minimum Gasteiger partial charge on any atom is -0.309 e. The number of nitrogens with two attached hydrogens (primary N) is 2. The van der Waals surface area contributed by atoms with Crippen molar-refractivity contribution >= 4 is 5.94 Å². The van der Waals surface area contributed by atoms with E-state index in [9.17, 15) is 4.79 Å². The largest absolute Gasteiger partial charge is 0.309 e. The van der Waals surface area contributed by atoms with Gasteiger partial charge < -0.3 is 11.5 Å². The van der Waals surface area contributed by atoms with Crippen LogP contribution in [0.2, 0.25) is 0 Å². The molecule has 0 aromatic rings. The van der Waals surface area contributed by atoms with E-state index in [1.54, 1.807) is 0 Å². The highest BCUT2D eigenvalue weighted by molar-refractivity contribution is 5.56. The van der Waals surface area contributed by atoms with E-state index < -0.39 is 5.66 Å². The Morgan fingerprint density at radius 3 is 2.33 bits per heavy atom. The van der Waals surface area contributed by atoms with E-state index >= 15 is 0 Å². The molecule has 0 spiro atoms. The third-order valence-electron chi connectivity index (χ3n) is 2.05. The lowest BCUT2D eigenvalue weighted by atomic mass is 9.95. The van der Waals surface area contributed by atoms with Crippen molar-refractivity contribution < 1.29 is 4.79 Å². The lowest BCUT2D eigenvalue weighted by molar-refractivity contribution is 0.475. The first-order chi connectivity index (χ1) is 5.58. The van der Waals surface area contributed by atoms with E-state index in [0.717, 1.165) is 12.8 Å². The fourth-order valence-electron chi connectivity index (χ4n) is 0.946. The molecule has 0 aliphatic rings. The Labute approximate surface area is 73.8 Å². The van der Waals surface area contributed by atoms with Crippen molar-refractivity contribution in [2.24, 2.45) is 11.5 Å². The van der Waals surface area contributed by atoms with Gasteiger partial charge in [0.15, 0.2) is 0 Å². The molecule has 3 nitrogen and oxygen atoms in total. The minimum absolute atomic E-state index is 0.506. The Morgan fingerprint density at radius 1 is 1.42 bits per heavy atom. The van der Waals surface area contributed by atoms with Crippen molar-refractivity contribution in [2.75, 3.05) is 0 Å². The summed E-state index contributed by atoms with van der Waals surface area (Å²) in [4.78, 5) is 10.5. The Morgan fingerprint density at radius 2 is 2.00 bits per heavy atom. The van der Waals surface area contributed by atoms with Crippen LogP contribution < -0.4 is 11.5 Å². The zero-order chi connectivity index (χ0) is 9.61. The molecule has 0 aromatic carbocycles. The quantitative estimate of drug-likeness (QED) is 0.477. The van der Waals surface area contributed by atoms with E-state index in [1.165, 1.54) is 0 Å². The molecule has 0 bridgehead atoms. The van der Waals surface area contributed by atoms with Crippen LogP contribution in [0, 0.1) is 0 Å². The second kappa shape index (κ2) is 5.09. The fraction of sp³-hybridized carbons (Fsp3) is 0.778. The zero-order valence-corrected chi connectivity index (χ0v) is 7.89. The molecule has 0 fully saturated rings. The summed E-state index contributed by atoms with van der Waals surface area (Å²) in [6, 6.07) is 0. The van der Waals surface area contributed by atoms with Gasteiger partial charge in [-0.25, -0.2) is 4.79 Å². The number of hydrogen-bond acceptors (Lipinski definition) is 3. The molecule has 4 N–H and O–H groups in total. The SMILES string of the molecule is CCCCC(=C=O)C(N)(N)CC. The number of carbonyl (C=O) groups excluding carboxylic acids is 1. The molecular formula is C9H18N2O. The highest BCUT2D eigenvalue weighted by Gasteiger charge is 2.22. The molecule has 3 heteroatoms. The van der Waals surface area contributed by atoms with E-state index in [0.29, 0.717) is 18.4 Å². The number of hydrogen-bond donors (Lipinski definition) is 2. The summed E-state index contributed by atoms with van der Waals surface area (Å²) in [5, 5.41) is 0. The molecule has 0 heterocycles. The second-order valence-corrected chi connectivity index (χ2v) is 3.08. The first-order valence-electron chi connectivity index (χ1n) is 4.40. The Bertz CT molecular complexity index is 181. The summed E-state index contributed by atoms with van der Waals surface area (Å²) in [6.45, 7) is 3.92. The lowest BCUT2D eigenvalue weighted by Gasteiger charge is -2.23. The molecule has 70 valence electrons. The Balaban J connectivity index is 4.26. The Kier molecular flexibility index (Phi) is 4.83. The van der Waals surface area contributed by atoms with Crippen molar-refractivity contribution in [3.8, 4) is 0 Å². The zero-order valence-electron chi connectivity index (χ0n) is 7.89. The van der Waals surface area contributed by atoms with E-state index in [4.69, 9.17) is 11.5 Å². The highest BCUT2D eigenvalue weighted by atomic mass is 16.1. The summed E-state index contributed by atoms with van der Waals surface area (Å²) in [5.74, 6) is 1.84. The van der Waals surface area contributed by atoms with E-state index in [-0.39, 0.29) is 0 Å². The topological polar surface area (TPSA) is 69.1 Å². The van der Waals surface area contributed by atoms with Crippen LogP contribution in [0.1, 0.15) is 39.5 Å². The molecule has 0 aliphatic carbocycles. The summed E-state index contributed by atoms with van der Waals surface area (Å²) >= 11 is 0. The molecule has 12 heavy (non-hydrogen) atoms. The predicted molar refractivity (Wildman–Crippen MR) is 50.1 cm³/mol. The van der Waals surface area contributed by atoms with E-state index in [1.807, 2.05) is 12.9 Å². The van der Waals surface area contributed by atoms with Crippen LogP contribution in [0.3, 0.4) is 0 Å². The molecule has 0 saturated carbocycles. The maximum Gasteiger partial charge on any atom is 0.126 e. The maximum absolute atomic E-state index is 10.5. The molecule has 0 radical (unpaired) electrons. The van der Waals surface area contributed by atoms with Crippen LogP contribution in [-0.4, -0.2) is 11.6 Å². The fourth-order valence-corrected chi connectivity index (χ4v) is 0.946. The summed E-state index contributed by atoms with van der Waals surface area (Å²) in [6.07, 6.45) is 3.22. The Hall–Kier alpha value is -0.630. The van der Waals surface area contributed by atoms with Crippen LogP contribution >= 0.6 is 0 Å². The molecule has 0 saturated heterocycles. The predicted octanol–water partition coefficient (Wildman–Crippen LogP) is 0.958. The maximum atomic E-state index is 10.5. The lowest BCUT2D eigenvalue weighted by Crippen LogP contribution is -2.50. The highest BCUT2D eigenvalue weighted by Crippen LogP contribution is 2.15. The van der Waals surface area contributed by atoms with Gasteiger partial charge in [0.2, 0.25) is 0 Å². The molecule has 0 aromatic heterocycles. The van der Waals surface area contributed by atoms with Crippen LogP contribution in [0.15, 0.2) is 5.57 Å². The summed E-state index contributed by atoms with van der Waals surface area (Å²) in [7, 11) is 0. The van der Waals surface area contributed by atoms with Gasteiger partial charge in [-0.3, -0.25) is 0 Å². The molecule has 0 aliphatic heterocycles. The van der Waals surface area contributed by atoms with Gasteiger partial charge in [0, 0.05) is 5.57 Å². The molecule has 0 unspecified atom stereocenters. The van der Waals surface area contributed by atoms with Crippen molar-refractivity contribution in [1.29, 1.82) is 0 Å². The van der Waals surface area contributed by atoms with Crippen molar-refractivity contribution in [1.82, 2.24) is 0 Å². The first-order valence-corrected chi connectivity index (χ1v) is 4.40. The third kappa shape index (κ3) is 3.18. The average Bonchev–Trinajstić information content (AvgIpc) is 2.05. The van der Waals surface area contributed by atoms with Crippen LogP contribution in [0.4, 0.5) is 0 Å². The standard InChI is InChI=1S/C9H18N2O/c1-3-5-6-8(7-12)9(10,11)4-2/h3-6,10-11H2,1-2H3. The van der Waals surface area contributed by atoms with Crippen LogP contribution in [0.5, 0.6) is 0 Å². The minimum atomic E-state index is -0.948. The van der Waals surface area contributed by atoms with Gasteiger partial charge in [-0.2, -0.15) is 0 Å². The van der Waals surface area contributed by atoms with Crippen LogP contribution in [-0.2, 0) is 4.79 Å². The summed E-state index contributed by atoms with van der Waals surface area (Å²) < 4.78 is 0. The second-order valence-electron chi connectivity index (χ2n) is 3.08. The van der Waals surface area contributed by atoms with E-state index in [2.05, 4.69) is 6.92 Å². The molecule has 0 amide bonds.